The van der Waals surface area contributed by atoms with E-state index in [4.69, 9.17) is 4.74 Å². The van der Waals surface area contributed by atoms with Gasteiger partial charge in [0, 0.05) is 5.38 Å². The minimum Gasteiger partial charge on any atom is -0.486 e. The fourth-order valence-electron chi connectivity index (χ4n) is 2.14. The highest BCUT2D eigenvalue weighted by atomic mass is 32.1. The van der Waals surface area contributed by atoms with Crippen molar-refractivity contribution in [1.82, 2.24) is 10.3 Å². The van der Waals surface area contributed by atoms with Crippen LogP contribution in [0.2, 0.25) is 0 Å². The van der Waals surface area contributed by atoms with Crippen molar-refractivity contribution in [3.05, 3.63) is 45.9 Å². The molecule has 0 saturated heterocycles. The Morgan fingerprint density at radius 3 is 2.56 bits per heavy atom. The molecule has 1 aromatic carbocycles. The maximum absolute atomic E-state index is 12.1. The summed E-state index contributed by atoms with van der Waals surface area (Å²) in [6.07, 6.45) is 0.0987. The minimum absolute atomic E-state index is 0.0987. The van der Waals surface area contributed by atoms with E-state index in [9.17, 15) is 9.59 Å². The molecule has 1 aromatic heterocycles. The normalized spacial score (nSPS) is 11.0. The number of aromatic nitrogens is 1. The number of carbonyl (C=O) groups is 2. The monoisotopic (exact) mass is 362 g/mol. The third-order valence-corrected chi connectivity index (χ3v) is 4.34. The summed E-state index contributed by atoms with van der Waals surface area (Å²) in [4.78, 5) is 28.1. The fraction of sp³-hybridized carbons (Fsp3) is 0.389. The van der Waals surface area contributed by atoms with Crippen molar-refractivity contribution in [2.45, 2.75) is 39.3 Å². The number of nitrogens with zero attached hydrogens (tertiary/aromatic N) is 1. The number of esters is 1. The van der Waals surface area contributed by atoms with Crippen molar-refractivity contribution in [3.8, 4) is 5.75 Å². The summed E-state index contributed by atoms with van der Waals surface area (Å²) >= 11 is 1.43. The third-order valence-electron chi connectivity index (χ3n) is 3.47. The first-order valence-electron chi connectivity index (χ1n) is 7.82. The molecule has 0 bridgehead atoms. The van der Waals surface area contributed by atoms with Gasteiger partial charge in [-0.3, -0.25) is 4.79 Å². The van der Waals surface area contributed by atoms with Gasteiger partial charge in [0.15, 0.2) is 0 Å². The lowest BCUT2D eigenvalue weighted by atomic mass is 10.1. The number of hydrogen-bond donors (Lipinski definition) is 1. The second kappa shape index (κ2) is 8.11. The molecule has 0 radical (unpaired) electrons. The maximum Gasteiger partial charge on any atom is 0.330 e. The molecule has 134 valence electrons. The fourth-order valence-corrected chi connectivity index (χ4v) is 2.84. The highest BCUT2D eigenvalue weighted by Crippen LogP contribution is 2.16. The standard InChI is InChI=1S/C18H22N2O4S/c1-12-5-7-14(8-6-12)24-10-16-19-13(11-25-16)9-15(21)20-18(2,3)17(22)23-4/h5-8,11H,9-10H2,1-4H3,(H,20,21). The number of aryl methyl sites for hydroxylation is 1. The summed E-state index contributed by atoms with van der Waals surface area (Å²) in [7, 11) is 1.29. The number of carbonyl (C=O) groups excluding carboxylic acids is 2. The zero-order valence-corrected chi connectivity index (χ0v) is 15.6. The number of nitrogens with one attached hydrogen (secondary N) is 1. The van der Waals surface area contributed by atoms with Gasteiger partial charge in [0.2, 0.25) is 5.91 Å². The Kier molecular flexibility index (Phi) is 6.14. The van der Waals surface area contributed by atoms with E-state index in [1.54, 1.807) is 13.8 Å². The van der Waals surface area contributed by atoms with Crippen LogP contribution < -0.4 is 10.1 Å². The number of hydrogen-bond acceptors (Lipinski definition) is 6. The van der Waals surface area contributed by atoms with Gasteiger partial charge in [0.25, 0.3) is 0 Å². The zero-order valence-electron chi connectivity index (χ0n) is 14.8. The second-order valence-electron chi connectivity index (χ2n) is 6.18. The van der Waals surface area contributed by atoms with Gasteiger partial charge in [-0.2, -0.15) is 0 Å². The van der Waals surface area contributed by atoms with Crippen LogP contribution in [0, 0.1) is 6.92 Å². The van der Waals surface area contributed by atoms with Crippen LogP contribution in [0.15, 0.2) is 29.6 Å². The topological polar surface area (TPSA) is 77.5 Å². The molecular formula is C18H22N2O4S. The summed E-state index contributed by atoms with van der Waals surface area (Å²) < 4.78 is 10.3. The maximum atomic E-state index is 12.1. The highest BCUT2D eigenvalue weighted by Gasteiger charge is 2.30. The number of methoxy groups -OCH3 is 1. The van der Waals surface area contributed by atoms with Crippen molar-refractivity contribution in [2.75, 3.05) is 7.11 Å². The van der Waals surface area contributed by atoms with Gasteiger partial charge in [-0.25, -0.2) is 9.78 Å². The Labute approximate surface area is 151 Å². The molecule has 2 aromatic rings. The van der Waals surface area contributed by atoms with Crippen LogP contribution >= 0.6 is 11.3 Å². The van der Waals surface area contributed by atoms with Gasteiger partial charge in [0.05, 0.1) is 19.2 Å². The largest absolute Gasteiger partial charge is 0.486 e. The smallest absolute Gasteiger partial charge is 0.330 e. The Balaban J connectivity index is 1.87. The molecule has 0 aliphatic rings. The molecule has 1 amide bonds. The summed E-state index contributed by atoms with van der Waals surface area (Å²) in [6.45, 7) is 5.56. The quantitative estimate of drug-likeness (QED) is 0.766. The van der Waals surface area contributed by atoms with Crippen LogP contribution in [-0.2, 0) is 27.4 Å². The average molecular weight is 362 g/mol. The average Bonchev–Trinajstić information content (AvgIpc) is 3.00. The van der Waals surface area contributed by atoms with Crippen molar-refractivity contribution < 1.29 is 19.1 Å². The van der Waals surface area contributed by atoms with Crippen molar-refractivity contribution in [2.24, 2.45) is 0 Å². The Hall–Kier alpha value is -2.41. The van der Waals surface area contributed by atoms with Gasteiger partial charge in [-0.15, -0.1) is 11.3 Å². The molecular weight excluding hydrogens is 340 g/mol. The molecule has 6 nitrogen and oxygen atoms in total. The van der Waals surface area contributed by atoms with E-state index in [1.807, 2.05) is 36.6 Å². The van der Waals surface area contributed by atoms with Gasteiger partial charge in [-0.1, -0.05) is 17.7 Å². The summed E-state index contributed by atoms with van der Waals surface area (Å²) in [6, 6.07) is 7.78. The zero-order chi connectivity index (χ0) is 18.4. The van der Waals surface area contributed by atoms with Crippen LogP contribution in [0.3, 0.4) is 0 Å². The van der Waals surface area contributed by atoms with Crippen LogP contribution in [0.4, 0.5) is 0 Å². The Morgan fingerprint density at radius 2 is 1.92 bits per heavy atom. The Morgan fingerprint density at radius 1 is 1.24 bits per heavy atom. The van der Waals surface area contributed by atoms with Crippen LogP contribution in [0.25, 0.3) is 0 Å². The lowest BCUT2D eigenvalue weighted by Crippen LogP contribution is -2.50. The van der Waals surface area contributed by atoms with E-state index in [0.29, 0.717) is 12.3 Å². The predicted octanol–water partition coefficient (Wildman–Crippen LogP) is 2.64. The number of amides is 1. The predicted molar refractivity (Wildman–Crippen MR) is 95.6 cm³/mol. The first kappa shape index (κ1) is 18.9. The molecule has 0 unspecified atom stereocenters. The van der Waals surface area contributed by atoms with E-state index in [1.165, 1.54) is 24.0 Å². The lowest BCUT2D eigenvalue weighted by molar-refractivity contribution is -0.149. The molecule has 7 heteroatoms. The summed E-state index contributed by atoms with van der Waals surface area (Å²) in [5.41, 5.74) is 0.745. The van der Waals surface area contributed by atoms with Crippen molar-refractivity contribution >= 4 is 23.2 Å². The van der Waals surface area contributed by atoms with Gasteiger partial charge in [0.1, 0.15) is 22.9 Å². The summed E-state index contributed by atoms with van der Waals surface area (Å²) in [5.74, 6) is -0.00191. The Bertz CT molecular complexity index is 738. The second-order valence-corrected chi connectivity index (χ2v) is 7.12. The molecule has 1 heterocycles. The minimum atomic E-state index is -1.07. The van der Waals surface area contributed by atoms with Crippen LogP contribution in [0.1, 0.15) is 30.1 Å². The number of benzene rings is 1. The summed E-state index contributed by atoms with van der Waals surface area (Å²) in [5, 5.41) is 5.25. The van der Waals surface area contributed by atoms with Crippen LogP contribution in [-0.4, -0.2) is 29.5 Å². The number of thiazole rings is 1. The lowest BCUT2D eigenvalue weighted by Gasteiger charge is -2.22. The SMILES string of the molecule is COC(=O)C(C)(C)NC(=O)Cc1csc(COc2ccc(C)cc2)n1. The van der Waals surface area contributed by atoms with Gasteiger partial charge in [-0.05, 0) is 32.9 Å². The molecule has 0 atom stereocenters. The van der Waals surface area contributed by atoms with E-state index in [-0.39, 0.29) is 12.3 Å². The van der Waals surface area contributed by atoms with Gasteiger partial charge < -0.3 is 14.8 Å². The molecule has 0 aliphatic carbocycles. The molecule has 0 saturated carbocycles. The third kappa shape index (κ3) is 5.56. The molecule has 1 N–H and O–H groups in total. The van der Waals surface area contributed by atoms with E-state index >= 15 is 0 Å². The van der Waals surface area contributed by atoms with E-state index in [2.05, 4.69) is 15.0 Å². The van der Waals surface area contributed by atoms with E-state index in [0.717, 1.165) is 10.8 Å². The van der Waals surface area contributed by atoms with Crippen molar-refractivity contribution in [1.29, 1.82) is 0 Å². The molecule has 2 rings (SSSR count). The number of ether oxygens (including phenoxy) is 2. The number of rotatable bonds is 7. The highest BCUT2D eigenvalue weighted by molar-refractivity contribution is 7.09. The molecule has 0 aliphatic heterocycles. The van der Waals surface area contributed by atoms with Crippen molar-refractivity contribution in [3.63, 3.8) is 0 Å². The van der Waals surface area contributed by atoms with Crippen LogP contribution in [0.5, 0.6) is 5.75 Å². The van der Waals surface area contributed by atoms with E-state index < -0.39 is 11.5 Å². The first-order valence-corrected chi connectivity index (χ1v) is 8.70. The molecule has 0 fully saturated rings. The first-order chi connectivity index (χ1) is 11.8. The molecule has 25 heavy (non-hydrogen) atoms. The van der Waals surface area contributed by atoms with Gasteiger partial charge >= 0.3 is 5.97 Å². The molecule has 0 spiro atoms.